The summed E-state index contributed by atoms with van der Waals surface area (Å²) in [7, 11) is 1.39. The zero-order valence-electron chi connectivity index (χ0n) is 21.5. The number of carbonyl (C=O) groups excluding carboxylic acids is 3. The van der Waals surface area contributed by atoms with Gasteiger partial charge in [0.2, 0.25) is 5.71 Å². The van der Waals surface area contributed by atoms with E-state index in [-0.39, 0.29) is 29.5 Å². The first-order valence-electron chi connectivity index (χ1n) is 12.6. The third kappa shape index (κ3) is 5.92. The van der Waals surface area contributed by atoms with E-state index in [2.05, 4.69) is 5.16 Å². The lowest BCUT2D eigenvalue weighted by Gasteiger charge is -2.35. The van der Waals surface area contributed by atoms with E-state index in [4.69, 9.17) is 19.0 Å². The minimum Gasteiger partial charge on any atom is -0.462 e. The average Bonchev–Trinajstić information content (AvgIpc) is 3.46. The Hall–Kier alpha value is -3.89. The summed E-state index contributed by atoms with van der Waals surface area (Å²) in [5.41, 5.74) is 2.31. The smallest absolute Gasteiger partial charge is 0.409 e. The Labute approximate surface area is 216 Å². The van der Waals surface area contributed by atoms with Gasteiger partial charge in [0.25, 0.3) is 11.8 Å². The molecule has 2 aliphatic heterocycles. The van der Waals surface area contributed by atoms with E-state index < -0.39 is 0 Å². The van der Waals surface area contributed by atoms with Crippen LogP contribution in [0, 0.1) is 6.92 Å². The molecule has 2 aliphatic rings. The third-order valence-electron chi connectivity index (χ3n) is 6.70. The van der Waals surface area contributed by atoms with Crippen LogP contribution in [0.5, 0.6) is 0 Å². The number of rotatable bonds is 6. The molecule has 0 radical (unpaired) electrons. The van der Waals surface area contributed by atoms with Crippen LogP contribution in [0.1, 0.15) is 53.2 Å². The molecule has 37 heavy (non-hydrogen) atoms. The predicted octanol–water partition coefficient (Wildman–Crippen LogP) is 2.65. The maximum atomic E-state index is 13.5. The number of aryl methyl sites for hydroxylation is 1. The van der Waals surface area contributed by atoms with E-state index in [0.717, 1.165) is 11.4 Å². The van der Waals surface area contributed by atoms with Crippen molar-refractivity contribution in [2.24, 2.45) is 5.16 Å². The van der Waals surface area contributed by atoms with Gasteiger partial charge in [0, 0.05) is 50.9 Å². The third-order valence-corrected chi connectivity index (χ3v) is 6.70. The minimum atomic E-state index is -0.348. The number of pyridine rings is 1. The molecular weight excluding hydrogens is 478 g/mol. The fourth-order valence-electron chi connectivity index (χ4n) is 4.75. The monoisotopic (exact) mass is 511 g/mol. The topological polar surface area (TPSA) is 118 Å². The largest absolute Gasteiger partial charge is 0.462 e. The number of aromatic nitrogens is 1. The summed E-state index contributed by atoms with van der Waals surface area (Å²) in [6, 6.07) is 7.05. The van der Waals surface area contributed by atoms with Crippen molar-refractivity contribution >= 4 is 23.6 Å². The molecule has 2 aromatic rings. The van der Waals surface area contributed by atoms with E-state index in [9.17, 15) is 14.4 Å². The highest BCUT2D eigenvalue weighted by Gasteiger charge is 2.33. The number of amides is 3. The quantitative estimate of drug-likeness (QED) is 0.432. The van der Waals surface area contributed by atoms with Gasteiger partial charge in [-0.1, -0.05) is 5.16 Å². The van der Waals surface area contributed by atoms with Gasteiger partial charge in [-0.25, -0.2) is 4.79 Å². The van der Waals surface area contributed by atoms with E-state index in [1.165, 1.54) is 13.4 Å². The number of piperazine rings is 1. The molecule has 3 amide bonds. The lowest BCUT2D eigenvalue weighted by Crippen LogP contribution is -2.51. The highest BCUT2D eigenvalue weighted by molar-refractivity contribution is 6.44. The molecule has 2 saturated heterocycles. The van der Waals surface area contributed by atoms with E-state index in [1.54, 1.807) is 33.8 Å². The average molecular weight is 512 g/mol. The highest BCUT2D eigenvalue weighted by Crippen LogP contribution is 2.30. The molecule has 198 valence electrons. The molecule has 2 fully saturated rings. The molecule has 0 atom stereocenters. The SMILES string of the molecule is CCOC(=O)N1CCN(C(=O)c2ccc(C)nc2C2CCN(C(=O)/C(=N/OC)c3ccco3)CC2)CC1. The first kappa shape index (κ1) is 26.2. The van der Waals surface area contributed by atoms with Crippen molar-refractivity contribution in [3.05, 3.63) is 53.2 Å². The summed E-state index contributed by atoms with van der Waals surface area (Å²) in [6.45, 7) is 6.73. The van der Waals surface area contributed by atoms with Crippen molar-refractivity contribution in [2.45, 2.75) is 32.6 Å². The molecule has 4 heterocycles. The summed E-state index contributed by atoms with van der Waals surface area (Å²) >= 11 is 0. The molecule has 0 saturated carbocycles. The second-order valence-electron chi connectivity index (χ2n) is 9.03. The number of nitrogens with zero attached hydrogens (tertiary/aromatic N) is 5. The van der Waals surface area contributed by atoms with Crippen LogP contribution in [0.15, 0.2) is 40.1 Å². The molecule has 11 nitrogen and oxygen atoms in total. The number of carbonyl (C=O) groups is 3. The molecule has 11 heteroatoms. The molecule has 4 rings (SSSR count). The van der Waals surface area contributed by atoms with Crippen LogP contribution in [0.3, 0.4) is 0 Å². The number of furan rings is 1. The van der Waals surface area contributed by atoms with Crippen LogP contribution in [-0.2, 0) is 14.4 Å². The Morgan fingerprint density at radius 2 is 1.73 bits per heavy atom. The Bertz CT molecular complexity index is 1130. The van der Waals surface area contributed by atoms with Crippen molar-refractivity contribution in [1.29, 1.82) is 0 Å². The standard InChI is InChI=1S/C26H33N5O6/c1-4-36-26(34)31-15-13-30(14-16-31)24(32)20-8-7-18(2)27-22(20)19-9-11-29(12-10-19)25(33)23(28-35-3)21-6-5-17-37-21/h5-8,17,19H,4,9-16H2,1-3H3/b28-23+. The number of piperidine rings is 1. The molecule has 0 aliphatic carbocycles. The fraction of sp³-hybridized carbons (Fsp3) is 0.500. The van der Waals surface area contributed by atoms with Crippen LogP contribution < -0.4 is 0 Å². The van der Waals surface area contributed by atoms with Crippen LogP contribution >= 0.6 is 0 Å². The van der Waals surface area contributed by atoms with Crippen LogP contribution in [-0.4, -0.2) is 96.3 Å². The van der Waals surface area contributed by atoms with Crippen LogP contribution in [0.25, 0.3) is 0 Å². The van der Waals surface area contributed by atoms with Gasteiger partial charge in [0.15, 0.2) is 5.76 Å². The van der Waals surface area contributed by atoms with Gasteiger partial charge in [-0.15, -0.1) is 0 Å². The normalized spacial score (nSPS) is 17.1. The second-order valence-corrected chi connectivity index (χ2v) is 9.03. The number of oxime groups is 1. The summed E-state index contributed by atoms with van der Waals surface area (Å²) < 4.78 is 10.4. The highest BCUT2D eigenvalue weighted by atomic mass is 16.6. The molecule has 2 aromatic heterocycles. The Balaban J connectivity index is 1.43. The van der Waals surface area contributed by atoms with Gasteiger partial charge >= 0.3 is 6.09 Å². The minimum absolute atomic E-state index is 0.0372. The Kier molecular flexibility index (Phi) is 8.42. The number of ether oxygens (including phenoxy) is 1. The van der Waals surface area contributed by atoms with E-state index in [1.807, 2.05) is 19.1 Å². The van der Waals surface area contributed by atoms with Gasteiger partial charge in [0.05, 0.1) is 24.1 Å². The molecule has 0 unspecified atom stereocenters. The maximum absolute atomic E-state index is 13.5. The number of hydrogen-bond acceptors (Lipinski definition) is 8. The lowest BCUT2D eigenvalue weighted by molar-refractivity contribution is -0.125. The number of hydrogen-bond donors (Lipinski definition) is 0. The first-order valence-corrected chi connectivity index (χ1v) is 12.6. The van der Waals surface area contributed by atoms with Gasteiger partial charge in [0.1, 0.15) is 7.11 Å². The molecular formula is C26H33N5O6. The maximum Gasteiger partial charge on any atom is 0.409 e. The van der Waals surface area contributed by atoms with E-state index >= 15 is 0 Å². The van der Waals surface area contributed by atoms with Crippen LogP contribution in [0.2, 0.25) is 0 Å². The van der Waals surface area contributed by atoms with E-state index in [0.29, 0.717) is 70.0 Å². The summed E-state index contributed by atoms with van der Waals surface area (Å²) in [5, 5.41) is 3.88. The van der Waals surface area contributed by atoms with Gasteiger partial charge < -0.3 is 28.7 Å². The summed E-state index contributed by atoms with van der Waals surface area (Å²) in [6.07, 6.45) is 2.47. The van der Waals surface area contributed by atoms with Crippen molar-refractivity contribution < 1.29 is 28.4 Å². The van der Waals surface area contributed by atoms with Crippen molar-refractivity contribution in [3.63, 3.8) is 0 Å². The number of likely N-dealkylation sites (tertiary alicyclic amines) is 1. The van der Waals surface area contributed by atoms with Crippen LogP contribution in [0.4, 0.5) is 4.79 Å². The Morgan fingerprint density at radius 3 is 2.35 bits per heavy atom. The zero-order chi connectivity index (χ0) is 26.4. The van der Waals surface area contributed by atoms with Crippen molar-refractivity contribution in [3.8, 4) is 0 Å². The summed E-state index contributed by atoms with van der Waals surface area (Å²) in [5.74, 6) is 0.0421. The lowest BCUT2D eigenvalue weighted by atomic mass is 9.89. The molecule has 0 spiro atoms. The predicted molar refractivity (Wildman–Crippen MR) is 134 cm³/mol. The Morgan fingerprint density at radius 1 is 1.03 bits per heavy atom. The molecule has 0 bridgehead atoms. The first-order chi connectivity index (χ1) is 17.9. The van der Waals surface area contributed by atoms with Crippen molar-refractivity contribution in [1.82, 2.24) is 19.7 Å². The molecule has 0 aromatic carbocycles. The second kappa shape index (κ2) is 11.9. The molecule has 0 N–H and O–H groups in total. The summed E-state index contributed by atoms with van der Waals surface area (Å²) in [4.78, 5) is 53.4. The van der Waals surface area contributed by atoms with Crippen molar-refractivity contribution in [2.75, 3.05) is 53.0 Å². The van der Waals surface area contributed by atoms with Gasteiger partial charge in [-0.3, -0.25) is 14.6 Å². The fourth-order valence-corrected chi connectivity index (χ4v) is 4.75. The zero-order valence-corrected chi connectivity index (χ0v) is 21.5. The van der Waals surface area contributed by atoms with Gasteiger partial charge in [-0.05, 0) is 51.0 Å². The van der Waals surface area contributed by atoms with Gasteiger partial charge in [-0.2, -0.15) is 0 Å².